The highest BCUT2D eigenvalue weighted by Gasteiger charge is 2.36. The Morgan fingerprint density at radius 1 is 1.38 bits per heavy atom. The summed E-state index contributed by atoms with van der Waals surface area (Å²) < 4.78 is 10.4. The lowest BCUT2D eigenvalue weighted by Crippen LogP contribution is -2.48. The van der Waals surface area contributed by atoms with Crippen molar-refractivity contribution in [3.63, 3.8) is 0 Å². The molecule has 1 fully saturated rings. The second-order valence-electron chi connectivity index (χ2n) is 6.63. The first-order valence-electron chi connectivity index (χ1n) is 7.91. The van der Waals surface area contributed by atoms with E-state index in [-0.39, 0.29) is 17.8 Å². The lowest BCUT2D eigenvalue weighted by Gasteiger charge is -2.36. The largest absolute Gasteiger partial charge is 0.508 e. The fraction of sp³-hybridized carbons (Fsp3) is 0.471. The van der Waals surface area contributed by atoms with Gasteiger partial charge in [-0.3, -0.25) is 4.79 Å². The third-order valence-electron chi connectivity index (χ3n) is 4.18. The van der Waals surface area contributed by atoms with Crippen molar-refractivity contribution >= 4 is 5.91 Å². The Kier molecular flexibility index (Phi) is 4.53. The summed E-state index contributed by atoms with van der Waals surface area (Å²) in [4.78, 5) is 18.8. The minimum Gasteiger partial charge on any atom is -0.508 e. The smallest absolute Gasteiger partial charge is 0.228 e. The Morgan fingerprint density at radius 3 is 2.79 bits per heavy atom. The van der Waals surface area contributed by atoms with Gasteiger partial charge in [0.2, 0.25) is 18.1 Å². The molecule has 1 unspecified atom stereocenters. The van der Waals surface area contributed by atoms with Crippen LogP contribution in [-0.4, -0.2) is 45.8 Å². The van der Waals surface area contributed by atoms with Crippen molar-refractivity contribution < 1.29 is 19.2 Å². The summed E-state index contributed by atoms with van der Waals surface area (Å²) in [5, 5.41) is 13.2. The molecule has 0 bridgehead atoms. The van der Waals surface area contributed by atoms with Crippen LogP contribution in [0.15, 0.2) is 35.2 Å². The first kappa shape index (κ1) is 16.4. The van der Waals surface area contributed by atoms with Crippen molar-refractivity contribution in [2.75, 3.05) is 19.7 Å². The predicted molar refractivity (Wildman–Crippen MR) is 85.2 cm³/mol. The Balaban J connectivity index is 1.68. The van der Waals surface area contributed by atoms with Crippen LogP contribution in [0.5, 0.6) is 5.75 Å². The lowest BCUT2D eigenvalue weighted by atomic mass is 9.84. The summed E-state index contributed by atoms with van der Waals surface area (Å²) in [7, 11) is 0. The third kappa shape index (κ3) is 3.56. The molecule has 7 nitrogen and oxygen atoms in total. The highest BCUT2D eigenvalue weighted by Crippen LogP contribution is 2.28. The van der Waals surface area contributed by atoms with Crippen molar-refractivity contribution in [1.29, 1.82) is 0 Å². The minimum atomic E-state index is -0.559. The van der Waals surface area contributed by atoms with E-state index in [1.165, 1.54) is 6.39 Å². The van der Waals surface area contributed by atoms with E-state index in [2.05, 4.69) is 10.1 Å². The van der Waals surface area contributed by atoms with Gasteiger partial charge in [-0.25, -0.2) is 0 Å². The topological polar surface area (TPSA) is 88.7 Å². The molecule has 0 spiro atoms. The molecule has 1 amide bonds. The number of nitrogens with zero attached hydrogens (tertiary/aromatic N) is 3. The highest BCUT2D eigenvalue weighted by atomic mass is 16.5. The van der Waals surface area contributed by atoms with Gasteiger partial charge in [-0.2, -0.15) is 4.98 Å². The molecule has 1 aliphatic rings. The van der Waals surface area contributed by atoms with Gasteiger partial charge in [0.25, 0.3) is 0 Å². The van der Waals surface area contributed by atoms with Gasteiger partial charge in [0.05, 0.1) is 13.2 Å². The molecule has 1 aromatic carbocycles. The number of benzene rings is 1. The van der Waals surface area contributed by atoms with Crippen molar-refractivity contribution in [3.05, 3.63) is 42.0 Å². The van der Waals surface area contributed by atoms with E-state index < -0.39 is 5.41 Å². The Morgan fingerprint density at radius 2 is 2.12 bits per heavy atom. The van der Waals surface area contributed by atoms with Crippen LogP contribution in [0.2, 0.25) is 0 Å². The number of carbonyl (C=O) groups excluding carboxylic acids is 1. The maximum atomic E-state index is 13.0. The number of hydrogen-bond donors (Lipinski definition) is 1. The van der Waals surface area contributed by atoms with Crippen LogP contribution in [0, 0.1) is 5.41 Å². The Bertz CT molecular complexity index is 682. The fourth-order valence-corrected chi connectivity index (χ4v) is 2.94. The zero-order valence-electron chi connectivity index (χ0n) is 13.8. The molecule has 2 aromatic rings. The lowest BCUT2D eigenvalue weighted by molar-refractivity contribution is -0.148. The predicted octanol–water partition coefficient (Wildman–Crippen LogP) is 1.94. The summed E-state index contributed by atoms with van der Waals surface area (Å²) in [5.74, 6) is 0.746. The number of ether oxygens (including phenoxy) is 1. The van der Waals surface area contributed by atoms with E-state index in [1.54, 1.807) is 17.0 Å². The maximum Gasteiger partial charge on any atom is 0.228 e. The van der Waals surface area contributed by atoms with E-state index in [9.17, 15) is 9.90 Å². The monoisotopic (exact) mass is 331 g/mol. The summed E-state index contributed by atoms with van der Waals surface area (Å²) in [6.45, 7) is 5.27. The molecule has 1 aliphatic heterocycles. The number of aromatic hydroxyl groups is 1. The molecule has 1 atom stereocenters. The zero-order valence-corrected chi connectivity index (χ0v) is 13.8. The second-order valence-corrected chi connectivity index (χ2v) is 6.63. The highest BCUT2D eigenvalue weighted by molar-refractivity contribution is 5.82. The molecule has 24 heavy (non-hydrogen) atoms. The normalized spacial score (nSPS) is 18.6. The van der Waals surface area contributed by atoms with Crippen molar-refractivity contribution in [3.8, 4) is 5.75 Å². The van der Waals surface area contributed by atoms with Crippen LogP contribution in [0.1, 0.15) is 31.3 Å². The number of rotatable bonds is 4. The van der Waals surface area contributed by atoms with Gasteiger partial charge in [0.1, 0.15) is 11.9 Å². The van der Waals surface area contributed by atoms with Crippen molar-refractivity contribution in [1.82, 2.24) is 15.0 Å². The Labute approximate surface area is 140 Å². The maximum absolute atomic E-state index is 13.0. The van der Waals surface area contributed by atoms with Crippen LogP contribution < -0.4 is 0 Å². The minimum absolute atomic E-state index is 0.0624. The number of aromatic nitrogens is 2. The van der Waals surface area contributed by atoms with E-state index in [0.29, 0.717) is 31.9 Å². The van der Waals surface area contributed by atoms with Crippen LogP contribution in [0.3, 0.4) is 0 Å². The average Bonchev–Trinajstić information content (AvgIpc) is 3.11. The zero-order chi connectivity index (χ0) is 17.2. The first-order chi connectivity index (χ1) is 11.5. The summed E-state index contributed by atoms with van der Waals surface area (Å²) in [6, 6.07) is 6.95. The van der Waals surface area contributed by atoms with Crippen molar-refractivity contribution in [2.45, 2.75) is 26.4 Å². The molecule has 1 aromatic heterocycles. The van der Waals surface area contributed by atoms with E-state index in [4.69, 9.17) is 9.26 Å². The van der Waals surface area contributed by atoms with Gasteiger partial charge in [-0.1, -0.05) is 31.1 Å². The Hall–Kier alpha value is -2.41. The second kappa shape index (κ2) is 6.60. The van der Waals surface area contributed by atoms with Gasteiger partial charge in [0, 0.05) is 12.0 Å². The van der Waals surface area contributed by atoms with Crippen LogP contribution in [0.25, 0.3) is 0 Å². The van der Waals surface area contributed by atoms with Gasteiger partial charge >= 0.3 is 0 Å². The van der Waals surface area contributed by atoms with Crippen LogP contribution >= 0.6 is 0 Å². The molecular formula is C17H21N3O4. The van der Waals surface area contributed by atoms with Crippen molar-refractivity contribution in [2.24, 2.45) is 5.41 Å². The van der Waals surface area contributed by atoms with E-state index >= 15 is 0 Å². The summed E-state index contributed by atoms with van der Waals surface area (Å²) in [5.41, 5.74) is 0.449. The standard InChI is InChI=1S/C17H21N3O4/c1-17(2,9-12-3-5-13(21)6-4-12)16(22)20-7-8-23-14(10-20)15-18-11-24-19-15/h3-6,11,14,21H,7-10H2,1-2H3. The molecule has 7 heteroatoms. The number of phenols is 1. The molecule has 0 radical (unpaired) electrons. The quantitative estimate of drug-likeness (QED) is 0.921. The fourth-order valence-electron chi connectivity index (χ4n) is 2.94. The summed E-state index contributed by atoms with van der Waals surface area (Å²) >= 11 is 0. The third-order valence-corrected chi connectivity index (χ3v) is 4.18. The first-order valence-corrected chi connectivity index (χ1v) is 7.91. The molecule has 3 rings (SSSR count). The van der Waals surface area contributed by atoms with Gasteiger partial charge in [-0.15, -0.1) is 0 Å². The molecule has 1 N–H and O–H groups in total. The summed E-state index contributed by atoms with van der Waals surface area (Å²) in [6.07, 6.45) is 1.50. The van der Waals surface area contributed by atoms with E-state index in [1.807, 2.05) is 26.0 Å². The SMILES string of the molecule is CC(C)(Cc1ccc(O)cc1)C(=O)N1CCOC(c2ncon2)C1. The molecule has 2 heterocycles. The average molecular weight is 331 g/mol. The number of phenolic OH excluding ortho intramolecular Hbond substituents is 1. The number of amides is 1. The number of morpholine rings is 1. The molecule has 128 valence electrons. The molecular weight excluding hydrogens is 310 g/mol. The van der Waals surface area contributed by atoms with Gasteiger partial charge < -0.3 is 19.3 Å². The number of carbonyl (C=O) groups is 1. The molecule has 0 saturated carbocycles. The number of hydrogen-bond acceptors (Lipinski definition) is 6. The van der Waals surface area contributed by atoms with Gasteiger partial charge in [-0.05, 0) is 24.1 Å². The van der Waals surface area contributed by atoms with Crippen LogP contribution in [-0.2, 0) is 16.0 Å². The van der Waals surface area contributed by atoms with Gasteiger partial charge in [0.15, 0.2) is 0 Å². The van der Waals surface area contributed by atoms with Crippen LogP contribution in [0.4, 0.5) is 0 Å². The van der Waals surface area contributed by atoms with E-state index in [0.717, 1.165) is 5.56 Å². The molecule has 1 saturated heterocycles. The molecule has 0 aliphatic carbocycles.